The van der Waals surface area contributed by atoms with Gasteiger partial charge in [-0.2, -0.15) is 0 Å². The van der Waals surface area contributed by atoms with E-state index >= 15 is 0 Å². The summed E-state index contributed by atoms with van der Waals surface area (Å²) in [5.41, 5.74) is 7.72. The van der Waals surface area contributed by atoms with Gasteiger partial charge >= 0.3 is 0 Å². The number of nitrogens with two attached hydrogens (primary N) is 1. The Labute approximate surface area is 79.0 Å². The molecule has 2 nitrogen and oxygen atoms in total. The van der Waals surface area contributed by atoms with Gasteiger partial charge in [0.25, 0.3) is 0 Å². The molecular formula is C11H15NO. The van der Waals surface area contributed by atoms with E-state index in [0.29, 0.717) is 0 Å². The summed E-state index contributed by atoms with van der Waals surface area (Å²) in [6.45, 7) is 5.84. The van der Waals surface area contributed by atoms with E-state index in [1.165, 1.54) is 0 Å². The Morgan fingerprint density at radius 2 is 1.92 bits per heavy atom. The molecule has 0 fully saturated rings. The highest BCUT2D eigenvalue weighted by Crippen LogP contribution is 2.18. The maximum atomic E-state index is 5.71. The topological polar surface area (TPSA) is 35.2 Å². The van der Waals surface area contributed by atoms with Gasteiger partial charge < -0.3 is 10.5 Å². The van der Waals surface area contributed by atoms with E-state index in [-0.39, 0.29) is 6.04 Å². The lowest BCUT2D eigenvalue weighted by Gasteiger charge is -2.09. The second-order valence-electron chi connectivity index (χ2n) is 3.04. The Hall–Kier alpha value is -1.28. The summed E-state index contributed by atoms with van der Waals surface area (Å²) in [5.74, 6) is 0.848. The van der Waals surface area contributed by atoms with E-state index < -0.39 is 0 Å². The molecule has 1 unspecified atom stereocenters. The van der Waals surface area contributed by atoms with E-state index in [1.54, 1.807) is 7.11 Å². The molecule has 1 aromatic carbocycles. The SMILES string of the molecule is C=C(c1ccc(OC)cc1)C(C)N. The van der Waals surface area contributed by atoms with Gasteiger partial charge in [0.1, 0.15) is 5.75 Å². The van der Waals surface area contributed by atoms with Crippen molar-refractivity contribution in [1.29, 1.82) is 0 Å². The van der Waals surface area contributed by atoms with Crippen LogP contribution in [0, 0.1) is 0 Å². The van der Waals surface area contributed by atoms with Gasteiger partial charge in [0, 0.05) is 6.04 Å². The normalized spacial score (nSPS) is 12.2. The molecule has 0 saturated heterocycles. The molecule has 0 heterocycles. The van der Waals surface area contributed by atoms with Crippen molar-refractivity contribution in [3.63, 3.8) is 0 Å². The van der Waals surface area contributed by atoms with Crippen LogP contribution in [0.3, 0.4) is 0 Å². The highest BCUT2D eigenvalue weighted by Gasteiger charge is 2.03. The van der Waals surface area contributed by atoms with Crippen molar-refractivity contribution < 1.29 is 4.74 Å². The Balaban J connectivity index is 2.86. The van der Waals surface area contributed by atoms with Gasteiger partial charge in [0.05, 0.1) is 7.11 Å². The van der Waals surface area contributed by atoms with Crippen LogP contribution < -0.4 is 10.5 Å². The van der Waals surface area contributed by atoms with Crippen LogP contribution in [0.4, 0.5) is 0 Å². The maximum absolute atomic E-state index is 5.71. The first-order chi connectivity index (χ1) is 6.15. The quantitative estimate of drug-likeness (QED) is 0.767. The van der Waals surface area contributed by atoms with Crippen LogP contribution >= 0.6 is 0 Å². The minimum Gasteiger partial charge on any atom is -0.497 e. The van der Waals surface area contributed by atoms with Crippen molar-refractivity contribution in [3.8, 4) is 5.75 Å². The molecule has 0 bridgehead atoms. The average Bonchev–Trinajstić information content (AvgIpc) is 2.17. The zero-order valence-corrected chi connectivity index (χ0v) is 8.08. The second-order valence-corrected chi connectivity index (χ2v) is 3.04. The van der Waals surface area contributed by atoms with Gasteiger partial charge in [-0.1, -0.05) is 18.7 Å². The van der Waals surface area contributed by atoms with E-state index in [9.17, 15) is 0 Å². The smallest absolute Gasteiger partial charge is 0.118 e. The molecule has 0 aliphatic carbocycles. The van der Waals surface area contributed by atoms with Crippen LogP contribution in [-0.4, -0.2) is 13.2 Å². The van der Waals surface area contributed by atoms with Crippen molar-refractivity contribution in [1.82, 2.24) is 0 Å². The third-order valence-corrected chi connectivity index (χ3v) is 2.01. The molecular weight excluding hydrogens is 162 g/mol. The number of methoxy groups -OCH3 is 1. The molecule has 0 aromatic heterocycles. The molecule has 2 N–H and O–H groups in total. The van der Waals surface area contributed by atoms with Gasteiger partial charge in [-0.15, -0.1) is 0 Å². The first-order valence-electron chi connectivity index (χ1n) is 4.24. The highest BCUT2D eigenvalue weighted by atomic mass is 16.5. The third-order valence-electron chi connectivity index (χ3n) is 2.01. The minimum atomic E-state index is -0.00612. The summed E-state index contributed by atoms with van der Waals surface area (Å²) >= 11 is 0. The molecule has 13 heavy (non-hydrogen) atoms. The fraction of sp³-hybridized carbons (Fsp3) is 0.273. The largest absolute Gasteiger partial charge is 0.497 e. The van der Waals surface area contributed by atoms with E-state index in [4.69, 9.17) is 10.5 Å². The fourth-order valence-corrected chi connectivity index (χ4v) is 1.07. The molecule has 2 heteroatoms. The lowest BCUT2D eigenvalue weighted by atomic mass is 10.0. The van der Waals surface area contributed by atoms with Gasteiger partial charge in [-0.3, -0.25) is 0 Å². The predicted octanol–water partition coefficient (Wildman–Crippen LogP) is 2.06. The molecule has 1 rings (SSSR count). The number of hydrogen-bond acceptors (Lipinski definition) is 2. The molecule has 0 aliphatic heterocycles. The van der Waals surface area contributed by atoms with Crippen molar-refractivity contribution in [2.75, 3.05) is 7.11 Å². The zero-order valence-electron chi connectivity index (χ0n) is 8.08. The molecule has 0 saturated carbocycles. The van der Waals surface area contributed by atoms with Gasteiger partial charge in [0.2, 0.25) is 0 Å². The lowest BCUT2D eigenvalue weighted by molar-refractivity contribution is 0.415. The summed E-state index contributed by atoms with van der Waals surface area (Å²) in [5, 5.41) is 0. The monoisotopic (exact) mass is 177 g/mol. The van der Waals surface area contributed by atoms with Gasteiger partial charge in [-0.05, 0) is 30.2 Å². The van der Waals surface area contributed by atoms with Gasteiger partial charge in [-0.25, -0.2) is 0 Å². The molecule has 0 spiro atoms. The third kappa shape index (κ3) is 2.33. The Bertz CT molecular complexity index is 287. The number of benzene rings is 1. The molecule has 1 atom stereocenters. The zero-order chi connectivity index (χ0) is 9.84. The maximum Gasteiger partial charge on any atom is 0.118 e. The Kier molecular flexibility index (Phi) is 3.09. The first-order valence-corrected chi connectivity index (χ1v) is 4.24. The average molecular weight is 177 g/mol. The summed E-state index contributed by atoms with van der Waals surface area (Å²) in [4.78, 5) is 0. The summed E-state index contributed by atoms with van der Waals surface area (Å²) in [7, 11) is 1.65. The highest BCUT2D eigenvalue weighted by molar-refractivity contribution is 5.67. The van der Waals surface area contributed by atoms with E-state index in [2.05, 4.69) is 6.58 Å². The van der Waals surface area contributed by atoms with Crippen molar-refractivity contribution in [2.45, 2.75) is 13.0 Å². The Morgan fingerprint density at radius 1 is 1.38 bits per heavy atom. The molecule has 1 aromatic rings. The summed E-state index contributed by atoms with van der Waals surface area (Å²) in [6.07, 6.45) is 0. The first kappa shape index (κ1) is 9.81. The van der Waals surface area contributed by atoms with Crippen LogP contribution in [0.2, 0.25) is 0 Å². The molecule has 70 valence electrons. The molecule has 0 amide bonds. The predicted molar refractivity (Wildman–Crippen MR) is 55.7 cm³/mol. The fourth-order valence-electron chi connectivity index (χ4n) is 1.07. The van der Waals surface area contributed by atoms with Crippen LogP contribution in [0.15, 0.2) is 30.8 Å². The van der Waals surface area contributed by atoms with Crippen molar-refractivity contribution >= 4 is 5.57 Å². The number of ether oxygens (including phenoxy) is 1. The number of hydrogen-bond donors (Lipinski definition) is 1. The van der Waals surface area contributed by atoms with E-state index in [1.807, 2.05) is 31.2 Å². The summed E-state index contributed by atoms with van der Waals surface area (Å²) in [6, 6.07) is 7.73. The van der Waals surface area contributed by atoms with Crippen LogP contribution in [0.1, 0.15) is 12.5 Å². The molecule has 0 radical (unpaired) electrons. The van der Waals surface area contributed by atoms with Crippen molar-refractivity contribution in [2.24, 2.45) is 5.73 Å². The minimum absolute atomic E-state index is 0.00612. The number of rotatable bonds is 3. The summed E-state index contributed by atoms with van der Waals surface area (Å²) < 4.78 is 5.05. The van der Waals surface area contributed by atoms with E-state index in [0.717, 1.165) is 16.9 Å². The standard InChI is InChI=1S/C11H15NO/c1-8(9(2)12)10-4-6-11(13-3)7-5-10/h4-7,9H,1,12H2,2-3H3. The van der Waals surface area contributed by atoms with Gasteiger partial charge in [0.15, 0.2) is 0 Å². The van der Waals surface area contributed by atoms with Crippen LogP contribution in [0.25, 0.3) is 5.57 Å². The van der Waals surface area contributed by atoms with Crippen LogP contribution in [-0.2, 0) is 0 Å². The van der Waals surface area contributed by atoms with Crippen LogP contribution in [0.5, 0.6) is 5.75 Å². The lowest BCUT2D eigenvalue weighted by Crippen LogP contribution is -2.15. The molecule has 0 aliphatic rings. The van der Waals surface area contributed by atoms with Crippen molar-refractivity contribution in [3.05, 3.63) is 36.4 Å². The second kappa shape index (κ2) is 4.10. The Morgan fingerprint density at radius 3 is 2.31 bits per heavy atom.